The van der Waals surface area contributed by atoms with E-state index in [1.54, 1.807) is 6.92 Å². The van der Waals surface area contributed by atoms with Crippen LogP contribution in [-0.2, 0) is 13.0 Å². The van der Waals surface area contributed by atoms with E-state index in [9.17, 15) is 9.59 Å². The van der Waals surface area contributed by atoms with Gasteiger partial charge in [0.15, 0.2) is 0 Å². The largest absolute Gasteiger partial charge is 0.342 e. The zero-order chi connectivity index (χ0) is 14.7. The van der Waals surface area contributed by atoms with Crippen LogP contribution >= 0.6 is 0 Å². The molecule has 0 bridgehead atoms. The lowest BCUT2D eigenvalue weighted by molar-refractivity contribution is 0.674. The fourth-order valence-corrected chi connectivity index (χ4v) is 2.17. The van der Waals surface area contributed by atoms with Crippen molar-refractivity contribution < 1.29 is 0 Å². The second-order valence-corrected chi connectivity index (χ2v) is 4.69. The molecule has 0 atom stereocenters. The average Bonchev–Trinajstić information content (AvgIpc) is 2.40. The van der Waals surface area contributed by atoms with Crippen molar-refractivity contribution in [1.29, 1.82) is 0 Å². The lowest BCUT2D eigenvalue weighted by Gasteiger charge is -2.10. The van der Waals surface area contributed by atoms with Gasteiger partial charge < -0.3 is 5.32 Å². The van der Waals surface area contributed by atoms with Gasteiger partial charge in [-0.2, -0.15) is 0 Å². The van der Waals surface area contributed by atoms with Crippen LogP contribution in [0, 0.1) is 6.92 Å². The van der Waals surface area contributed by atoms with Gasteiger partial charge in [-0.25, -0.2) is 4.79 Å². The molecule has 0 aliphatic carbocycles. The summed E-state index contributed by atoms with van der Waals surface area (Å²) in [6.45, 7) is 6.28. The molecular formula is C15H19N3O2. The number of aryl methyl sites for hydroxylation is 2. The normalized spacial score (nSPS) is 10.6. The summed E-state index contributed by atoms with van der Waals surface area (Å²) in [5.41, 5.74) is 2.62. The third kappa shape index (κ3) is 2.82. The van der Waals surface area contributed by atoms with Crippen molar-refractivity contribution in [3.05, 3.63) is 56.2 Å². The number of nitrogens with one attached hydrogen (secondary N) is 2. The van der Waals surface area contributed by atoms with E-state index in [0.29, 0.717) is 12.4 Å². The molecule has 1 heterocycles. The Labute approximate surface area is 117 Å². The maximum absolute atomic E-state index is 11.8. The van der Waals surface area contributed by atoms with Crippen LogP contribution in [0.4, 0.5) is 11.5 Å². The smallest absolute Gasteiger partial charge is 0.329 e. The van der Waals surface area contributed by atoms with Crippen molar-refractivity contribution in [1.82, 2.24) is 9.55 Å². The number of hydrogen-bond acceptors (Lipinski definition) is 3. The molecule has 5 nitrogen and oxygen atoms in total. The highest BCUT2D eigenvalue weighted by Gasteiger charge is 2.04. The summed E-state index contributed by atoms with van der Waals surface area (Å²) < 4.78 is 1.15. The van der Waals surface area contributed by atoms with Gasteiger partial charge in [0, 0.05) is 18.3 Å². The topological polar surface area (TPSA) is 66.9 Å². The van der Waals surface area contributed by atoms with Crippen molar-refractivity contribution >= 4 is 11.5 Å². The third-order valence-corrected chi connectivity index (χ3v) is 3.35. The Morgan fingerprint density at radius 3 is 2.55 bits per heavy atom. The predicted octanol–water partition coefficient (Wildman–Crippen LogP) is 2.17. The fraction of sp³-hybridized carbons (Fsp3) is 0.333. The van der Waals surface area contributed by atoms with Crippen LogP contribution in [0.1, 0.15) is 25.0 Å². The van der Waals surface area contributed by atoms with E-state index in [1.807, 2.05) is 18.2 Å². The van der Waals surface area contributed by atoms with Gasteiger partial charge in [0.2, 0.25) is 0 Å². The molecular weight excluding hydrogens is 254 g/mol. The average molecular weight is 273 g/mol. The minimum atomic E-state index is -0.398. The van der Waals surface area contributed by atoms with Gasteiger partial charge in [-0.1, -0.05) is 13.0 Å². The Morgan fingerprint density at radius 1 is 1.20 bits per heavy atom. The first kappa shape index (κ1) is 14.1. The van der Waals surface area contributed by atoms with E-state index in [0.717, 1.165) is 16.7 Å². The van der Waals surface area contributed by atoms with Gasteiger partial charge in [-0.3, -0.25) is 14.3 Å². The van der Waals surface area contributed by atoms with Crippen molar-refractivity contribution in [2.45, 2.75) is 33.7 Å². The SMILES string of the molecule is CCc1cc(Nc2cc(=O)n(CC)c(=O)[nH]2)ccc1C. The summed E-state index contributed by atoms with van der Waals surface area (Å²) in [6, 6.07) is 7.38. The van der Waals surface area contributed by atoms with E-state index >= 15 is 0 Å². The lowest BCUT2D eigenvalue weighted by Crippen LogP contribution is -2.34. The zero-order valence-corrected chi connectivity index (χ0v) is 12.0. The van der Waals surface area contributed by atoms with Gasteiger partial charge >= 0.3 is 5.69 Å². The fourth-order valence-electron chi connectivity index (χ4n) is 2.17. The van der Waals surface area contributed by atoms with E-state index in [2.05, 4.69) is 24.1 Å². The number of aromatic amines is 1. The second kappa shape index (κ2) is 5.77. The Balaban J connectivity index is 2.35. The number of aromatic nitrogens is 2. The molecule has 0 amide bonds. The number of nitrogens with zero attached hydrogens (tertiary/aromatic N) is 1. The lowest BCUT2D eigenvalue weighted by atomic mass is 10.1. The molecule has 106 valence electrons. The van der Waals surface area contributed by atoms with Crippen LogP contribution in [0.5, 0.6) is 0 Å². The Bertz CT molecular complexity index is 697. The molecule has 0 saturated heterocycles. The summed E-state index contributed by atoms with van der Waals surface area (Å²) in [6.07, 6.45) is 0.940. The monoisotopic (exact) mass is 273 g/mol. The number of rotatable bonds is 4. The van der Waals surface area contributed by atoms with Crippen molar-refractivity contribution in [2.24, 2.45) is 0 Å². The molecule has 1 aromatic carbocycles. The molecule has 0 unspecified atom stereocenters. The molecule has 2 rings (SSSR count). The molecule has 0 aliphatic rings. The summed E-state index contributed by atoms with van der Waals surface area (Å²) in [7, 11) is 0. The maximum Gasteiger partial charge on any atom is 0.329 e. The maximum atomic E-state index is 11.8. The molecule has 0 aliphatic heterocycles. The van der Waals surface area contributed by atoms with Gasteiger partial charge in [0.1, 0.15) is 5.82 Å². The first-order chi connectivity index (χ1) is 9.55. The molecule has 0 radical (unpaired) electrons. The highest BCUT2D eigenvalue weighted by atomic mass is 16.2. The highest BCUT2D eigenvalue weighted by Crippen LogP contribution is 2.18. The summed E-state index contributed by atoms with van der Waals surface area (Å²) in [4.78, 5) is 26.2. The molecule has 2 aromatic rings. The van der Waals surface area contributed by atoms with E-state index in [1.165, 1.54) is 17.2 Å². The van der Waals surface area contributed by atoms with Crippen LogP contribution in [0.25, 0.3) is 0 Å². The molecule has 2 N–H and O–H groups in total. The number of anilines is 2. The molecule has 0 saturated carbocycles. The van der Waals surface area contributed by atoms with Crippen LogP contribution in [0.2, 0.25) is 0 Å². The van der Waals surface area contributed by atoms with Gasteiger partial charge in [0.25, 0.3) is 5.56 Å². The highest BCUT2D eigenvalue weighted by molar-refractivity contribution is 5.57. The van der Waals surface area contributed by atoms with Crippen LogP contribution < -0.4 is 16.6 Å². The Kier molecular flexibility index (Phi) is 4.08. The molecule has 0 spiro atoms. The van der Waals surface area contributed by atoms with E-state index in [4.69, 9.17) is 0 Å². The van der Waals surface area contributed by atoms with Crippen molar-refractivity contribution in [3.8, 4) is 0 Å². The summed E-state index contributed by atoms with van der Waals surface area (Å²) >= 11 is 0. The third-order valence-electron chi connectivity index (χ3n) is 3.35. The van der Waals surface area contributed by atoms with Crippen molar-refractivity contribution in [2.75, 3.05) is 5.32 Å². The minimum Gasteiger partial charge on any atom is -0.342 e. The van der Waals surface area contributed by atoms with Crippen LogP contribution in [0.3, 0.4) is 0 Å². The zero-order valence-electron chi connectivity index (χ0n) is 12.0. The number of H-pyrrole nitrogens is 1. The molecule has 5 heteroatoms. The quantitative estimate of drug-likeness (QED) is 0.897. The van der Waals surface area contributed by atoms with Crippen LogP contribution in [-0.4, -0.2) is 9.55 Å². The van der Waals surface area contributed by atoms with Crippen LogP contribution in [0.15, 0.2) is 33.9 Å². The first-order valence-corrected chi connectivity index (χ1v) is 6.75. The number of hydrogen-bond donors (Lipinski definition) is 2. The standard InChI is InChI=1S/C15H19N3O2/c1-4-11-8-12(7-6-10(11)3)16-13-9-14(19)18(5-2)15(20)17-13/h6-9,16H,4-5H2,1-3H3,(H,17,20). The first-order valence-electron chi connectivity index (χ1n) is 6.75. The van der Waals surface area contributed by atoms with Gasteiger partial charge in [0.05, 0.1) is 0 Å². The molecule has 1 aromatic heterocycles. The predicted molar refractivity (Wildman–Crippen MR) is 80.8 cm³/mol. The summed E-state index contributed by atoms with van der Waals surface area (Å²) in [5, 5.41) is 3.07. The Morgan fingerprint density at radius 2 is 1.95 bits per heavy atom. The van der Waals surface area contributed by atoms with Crippen molar-refractivity contribution in [3.63, 3.8) is 0 Å². The molecule has 0 fully saturated rings. The summed E-state index contributed by atoms with van der Waals surface area (Å²) in [5.74, 6) is 0.413. The van der Waals surface area contributed by atoms with E-state index < -0.39 is 5.69 Å². The van der Waals surface area contributed by atoms with E-state index in [-0.39, 0.29) is 5.56 Å². The number of benzene rings is 1. The minimum absolute atomic E-state index is 0.304. The van der Waals surface area contributed by atoms with Gasteiger partial charge in [-0.05, 0) is 43.5 Å². The second-order valence-electron chi connectivity index (χ2n) is 4.69. The molecule has 20 heavy (non-hydrogen) atoms. The van der Waals surface area contributed by atoms with Gasteiger partial charge in [-0.15, -0.1) is 0 Å². The Hall–Kier alpha value is -2.30.